The Balaban J connectivity index is 2.06. The number of nitrogens with zero attached hydrogens (tertiary/aromatic N) is 1. The standard InChI is InChI=1S/C15H19NO2S/c1-10-5-7-12(8-6-10)18-9-13-16-11(2)14(19-13)15(3,4)17/h5-8,17H,9H2,1-4H3. The summed E-state index contributed by atoms with van der Waals surface area (Å²) in [7, 11) is 0. The summed E-state index contributed by atoms with van der Waals surface area (Å²) in [5, 5.41) is 10.9. The number of aliphatic hydroxyl groups is 1. The van der Waals surface area contributed by atoms with Crippen LogP contribution in [0.1, 0.15) is 35.0 Å². The van der Waals surface area contributed by atoms with Crippen LogP contribution in [0.25, 0.3) is 0 Å². The summed E-state index contributed by atoms with van der Waals surface area (Å²) in [6.07, 6.45) is 0. The number of aryl methyl sites for hydroxylation is 2. The van der Waals surface area contributed by atoms with Gasteiger partial charge in [0.05, 0.1) is 16.2 Å². The van der Waals surface area contributed by atoms with Gasteiger partial charge in [-0.2, -0.15) is 0 Å². The number of hydrogen-bond acceptors (Lipinski definition) is 4. The van der Waals surface area contributed by atoms with Crippen LogP contribution in [0.2, 0.25) is 0 Å². The molecule has 102 valence electrons. The molecule has 0 amide bonds. The van der Waals surface area contributed by atoms with Crippen molar-refractivity contribution in [2.24, 2.45) is 0 Å². The molecule has 0 aliphatic rings. The summed E-state index contributed by atoms with van der Waals surface area (Å²) < 4.78 is 5.69. The first kappa shape index (κ1) is 14.0. The average Bonchev–Trinajstić information content (AvgIpc) is 2.70. The van der Waals surface area contributed by atoms with Crippen molar-refractivity contribution in [3.05, 3.63) is 45.4 Å². The molecule has 0 saturated carbocycles. The topological polar surface area (TPSA) is 42.4 Å². The van der Waals surface area contributed by atoms with Gasteiger partial charge in [-0.3, -0.25) is 0 Å². The van der Waals surface area contributed by atoms with E-state index >= 15 is 0 Å². The Kier molecular flexibility index (Phi) is 3.92. The third-order valence-electron chi connectivity index (χ3n) is 2.78. The van der Waals surface area contributed by atoms with Gasteiger partial charge in [0.25, 0.3) is 0 Å². The zero-order valence-electron chi connectivity index (χ0n) is 11.7. The number of benzene rings is 1. The van der Waals surface area contributed by atoms with E-state index in [2.05, 4.69) is 4.98 Å². The van der Waals surface area contributed by atoms with Crippen LogP contribution in [0.5, 0.6) is 5.75 Å². The molecule has 0 fully saturated rings. The Hall–Kier alpha value is -1.39. The molecule has 1 aromatic heterocycles. The number of ether oxygens (including phenoxy) is 1. The summed E-state index contributed by atoms with van der Waals surface area (Å²) in [5.74, 6) is 0.836. The molecule has 3 nitrogen and oxygen atoms in total. The van der Waals surface area contributed by atoms with Crippen LogP contribution >= 0.6 is 11.3 Å². The van der Waals surface area contributed by atoms with E-state index in [1.165, 1.54) is 16.9 Å². The lowest BCUT2D eigenvalue weighted by Crippen LogP contribution is -2.14. The summed E-state index contributed by atoms with van der Waals surface area (Å²) in [6, 6.07) is 7.94. The highest BCUT2D eigenvalue weighted by Crippen LogP contribution is 2.30. The van der Waals surface area contributed by atoms with Gasteiger partial charge in [-0.15, -0.1) is 11.3 Å². The van der Waals surface area contributed by atoms with Crippen molar-refractivity contribution < 1.29 is 9.84 Å². The molecule has 0 aliphatic heterocycles. The molecule has 0 saturated heterocycles. The number of aromatic nitrogens is 1. The Morgan fingerprint density at radius 3 is 2.37 bits per heavy atom. The first-order chi connectivity index (χ1) is 8.86. The molecular formula is C15H19NO2S. The zero-order chi connectivity index (χ0) is 14.0. The monoisotopic (exact) mass is 277 g/mol. The summed E-state index contributed by atoms with van der Waals surface area (Å²) in [6.45, 7) is 7.95. The van der Waals surface area contributed by atoms with Gasteiger partial charge in [-0.25, -0.2) is 4.98 Å². The lowest BCUT2D eigenvalue weighted by Gasteiger charge is -2.14. The van der Waals surface area contributed by atoms with Gasteiger partial charge >= 0.3 is 0 Å². The van der Waals surface area contributed by atoms with Gasteiger partial charge in [0.15, 0.2) is 0 Å². The Bertz CT molecular complexity index is 553. The normalized spacial score (nSPS) is 11.6. The minimum absolute atomic E-state index is 0.435. The summed E-state index contributed by atoms with van der Waals surface area (Å²) >= 11 is 1.50. The number of hydrogen-bond donors (Lipinski definition) is 1. The maximum atomic E-state index is 10.0. The smallest absolute Gasteiger partial charge is 0.140 e. The highest BCUT2D eigenvalue weighted by molar-refractivity contribution is 7.11. The van der Waals surface area contributed by atoms with Crippen molar-refractivity contribution in [1.29, 1.82) is 0 Å². The van der Waals surface area contributed by atoms with Gasteiger partial charge < -0.3 is 9.84 Å². The second-order valence-electron chi connectivity index (χ2n) is 5.18. The molecule has 0 atom stereocenters. The molecule has 1 aromatic carbocycles. The molecule has 2 aromatic rings. The molecule has 4 heteroatoms. The van der Waals surface area contributed by atoms with E-state index in [4.69, 9.17) is 4.74 Å². The van der Waals surface area contributed by atoms with Crippen molar-refractivity contribution in [2.45, 2.75) is 39.9 Å². The molecule has 19 heavy (non-hydrogen) atoms. The van der Waals surface area contributed by atoms with Crippen LogP contribution < -0.4 is 4.74 Å². The predicted molar refractivity (Wildman–Crippen MR) is 77.6 cm³/mol. The maximum Gasteiger partial charge on any atom is 0.140 e. The number of rotatable bonds is 4. The van der Waals surface area contributed by atoms with Gasteiger partial charge in [-0.1, -0.05) is 17.7 Å². The van der Waals surface area contributed by atoms with E-state index in [0.29, 0.717) is 6.61 Å². The summed E-state index contributed by atoms with van der Waals surface area (Å²) in [5.41, 5.74) is 1.24. The third-order valence-corrected chi connectivity index (χ3v) is 4.22. The number of thiazole rings is 1. The fourth-order valence-corrected chi connectivity index (χ4v) is 2.84. The van der Waals surface area contributed by atoms with Crippen molar-refractivity contribution in [3.63, 3.8) is 0 Å². The quantitative estimate of drug-likeness (QED) is 0.929. The lowest BCUT2D eigenvalue weighted by molar-refractivity contribution is 0.0817. The fraction of sp³-hybridized carbons (Fsp3) is 0.400. The first-order valence-corrected chi connectivity index (χ1v) is 7.06. The fourth-order valence-electron chi connectivity index (χ4n) is 1.86. The minimum Gasteiger partial charge on any atom is -0.486 e. The van der Waals surface area contributed by atoms with Crippen LogP contribution in [0.15, 0.2) is 24.3 Å². The van der Waals surface area contributed by atoms with Crippen molar-refractivity contribution in [2.75, 3.05) is 0 Å². The third kappa shape index (κ3) is 3.55. The van der Waals surface area contributed by atoms with Gasteiger partial charge in [0.2, 0.25) is 0 Å². The zero-order valence-corrected chi connectivity index (χ0v) is 12.5. The largest absolute Gasteiger partial charge is 0.486 e. The average molecular weight is 277 g/mol. The van der Waals surface area contributed by atoms with E-state index in [-0.39, 0.29) is 0 Å². The second kappa shape index (κ2) is 5.31. The second-order valence-corrected chi connectivity index (χ2v) is 6.27. The van der Waals surface area contributed by atoms with Gasteiger partial charge in [0.1, 0.15) is 17.4 Å². The van der Waals surface area contributed by atoms with E-state index in [1.54, 1.807) is 13.8 Å². The van der Waals surface area contributed by atoms with Crippen LogP contribution in [0.3, 0.4) is 0 Å². The van der Waals surface area contributed by atoms with Crippen molar-refractivity contribution in [1.82, 2.24) is 4.98 Å². The van der Waals surface area contributed by atoms with E-state index in [9.17, 15) is 5.11 Å². The Labute approximate surface area is 117 Å². The lowest BCUT2D eigenvalue weighted by atomic mass is 10.1. The molecule has 0 bridgehead atoms. The Morgan fingerprint density at radius 2 is 1.84 bits per heavy atom. The molecule has 1 N–H and O–H groups in total. The molecule has 0 radical (unpaired) electrons. The van der Waals surface area contributed by atoms with Crippen LogP contribution in [0.4, 0.5) is 0 Å². The van der Waals surface area contributed by atoms with Gasteiger partial charge in [0, 0.05) is 0 Å². The SMILES string of the molecule is Cc1ccc(OCc2nc(C)c(C(C)(C)O)s2)cc1. The first-order valence-electron chi connectivity index (χ1n) is 6.25. The van der Waals surface area contributed by atoms with Crippen LogP contribution in [-0.4, -0.2) is 10.1 Å². The highest BCUT2D eigenvalue weighted by Gasteiger charge is 2.22. The van der Waals surface area contributed by atoms with Gasteiger partial charge in [-0.05, 0) is 39.8 Å². The molecule has 2 rings (SSSR count). The van der Waals surface area contributed by atoms with Crippen LogP contribution in [-0.2, 0) is 12.2 Å². The van der Waals surface area contributed by atoms with E-state index < -0.39 is 5.60 Å². The molecule has 0 spiro atoms. The molecule has 0 aliphatic carbocycles. The highest BCUT2D eigenvalue weighted by atomic mass is 32.1. The van der Waals surface area contributed by atoms with E-state index in [0.717, 1.165) is 21.3 Å². The molecular weight excluding hydrogens is 258 g/mol. The van der Waals surface area contributed by atoms with Crippen molar-refractivity contribution >= 4 is 11.3 Å². The minimum atomic E-state index is -0.843. The van der Waals surface area contributed by atoms with E-state index in [1.807, 2.05) is 38.1 Å². The molecule has 1 heterocycles. The van der Waals surface area contributed by atoms with Crippen LogP contribution in [0, 0.1) is 13.8 Å². The Morgan fingerprint density at radius 1 is 1.21 bits per heavy atom. The molecule has 0 unspecified atom stereocenters. The maximum absolute atomic E-state index is 10.0. The summed E-state index contributed by atoms with van der Waals surface area (Å²) in [4.78, 5) is 5.34. The predicted octanol–water partition coefficient (Wildman–Crippen LogP) is 3.57. The van der Waals surface area contributed by atoms with Crippen molar-refractivity contribution in [3.8, 4) is 5.75 Å².